The highest BCUT2D eigenvalue weighted by Gasteiger charge is 2.68. The topological polar surface area (TPSA) is 17.1 Å². The van der Waals surface area contributed by atoms with Crippen LogP contribution < -0.4 is 0 Å². The fraction of sp³-hybridized carbons (Fsp3) is 0.643. The molecule has 1 heterocycles. The lowest BCUT2D eigenvalue weighted by Gasteiger charge is -2.03. The molecule has 2 heteroatoms. The van der Waals surface area contributed by atoms with Gasteiger partial charge in [0.25, 0.3) is 0 Å². The van der Waals surface area contributed by atoms with Crippen LogP contribution >= 0.6 is 11.3 Å². The van der Waals surface area contributed by atoms with E-state index in [4.69, 9.17) is 0 Å². The molecule has 1 saturated carbocycles. The first-order valence-corrected chi connectivity index (χ1v) is 6.62. The smallest absolute Gasteiger partial charge is 0.177 e. The minimum atomic E-state index is 0.147. The van der Waals surface area contributed by atoms with E-state index in [1.165, 1.54) is 4.88 Å². The van der Waals surface area contributed by atoms with E-state index in [-0.39, 0.29) is 16.7 Å². The molecule has 0 atom stereocenters. The number of Topliss-reactive ketones (excluding diaryl/α,β-unsaturated/α-hetero) is 1. The number of rotatable bonds is 2. The summed E-state index contributed by atoms with van der Waals surface area (Å²) in [4.78, 5) is 14.7. The number of carbonyl (C=O) groups is 1. The SMILES string of the molecule is Cc1cc(C)c(C(=O)C2C(C)(C)C2(C)C)s1. The van der Waals surface area contributed by atoms with Gasteiger partial charge in [0.15, 0.2) is 5.78 Å². The van der Waals surface area contributed by atoms with E-state index in [1.54, 1.807) is 11.3 Å². The summed E-state index contributed by atoms with van der Waals surface area (Å²) in [5.74, 6) is 0.544. The molecule has 1 aromatic heterocycles. The van der Waals surface area contributed by atoms with Crippen molar-refractivity contribution in [2.24, 2.45) is 16.7 Å². The van der Waals surface area contributed by atoms with E-state index in [0.29, 0.717) is 5.78 Å². The Kier molecular flexibility index (Phi) is 2.36. The number of thiophene rings is 1. The standard InChI is InChI=1S/C14H20OS/c1-8-7-9(2)16-11(8)10(15)12-13(3,4)14(12,5)6/h7,12H,1-6H3. The molecular formula is C14H20OS. The van der Waals surface area contributed by atoms with Gasteiger partial charge in [0.1, 0.15) is 0 Å². The normalized spacial score (nSPS) is 22.1. The van der Waals surface area contributed by atoms with Gasteiger partial charge in [0.05, 0.1) is 4.88 Å². The van der Waals surface area contributed by atoms with Crippen LogP contribution in [0.3, 0.4) is 0 Å². The van der Waals surface area contributed by atoms with Gasteiger partial charge in [0.2, 0.25) is 0 Å². The summed E-state index contributed by atoms with van der Waals surface area (Å²) >= 11 is 1.64. The first kappa shape index (κ1) is 11.8. The number of hydrogen-bond donors (Lipinski definition) is 0. The van der Waals surface area contributed by atoms with Crippen LogP contribution in [0.25, 0.3) is 0 Å². The number of carbonyl (C=O) groups excluding carboxylic acids is 1. The molecular weight excluding hydrogens is 216 g/mol. The van der Waals surface area contributed by atoms with Gasteiger partial charge in [-0.1, -0.05) is 27.7 Å². The Morgan fingerprint density at radius 3 is 2.00 bits per heavy atom. The number of ketones is 1. The summed E-state index contributed by atoms with van der Waals surface area (Å²) in [6.07, 6.45) is 0. The molecule has 1 aromatic rings. The molecule has 0 aliphatic heterocycles. The van der Waals surface area contributed by atoms with E-state index >= 15 is 0 Å². The average molecular weight is 236 g/mol. The number of hydrogen-bond acceptors (Lipinski definition) is 2. The lowest BCUT2D eigenvalue weighted by molar-refractivity contribution is 0.0948. The average Bonchev–Trinajstić information content (AvgIpc) is 2.37. The molecule has 0 bridgehead atoms. The quantitative estimate of drug-likeness (QED) is 0.702. The van der Waals surface area contributed by atoms with Crippen molar-refractivity contribution in [3.8, 4) is 0 Å². The summed E-state index contributed by atoms with van der Waals surface area (Å²) in [5, 5.41) is 0. The lowest BCUT2D eigenvalue weighted by Crippen LogP contribution is -2.06. The third-order valence-corrected chi connectivity index (χ3v) is 5.71. The second-order valence-corrected chi connectivity index (χ2v) is 7.37. The van der Waals surface area contributed by atoms with E-state index in [2.05, 4.69) is 40.7 Å². The minimum absolute atomic E-state index is 0.147. The van der Waals surface area contributed by atoms with E-state index in [1.807, 2.05) is 6.92 Å². The van der Waals surface area contributed by atoms with Gasteiger partial charge in [-0.2, -0.15) is 0 Å². The Hall–Kier alpha value is -0.630. The second kappa shape index (κ2) is 3.19. The lowest BCUT2D eigenvalue weighted by atomic mass is 10.0. The highest BCUT2D eigenvalue weighted by molar-refractivity contribution is 7.14. The minimum Gasteiger partial charge on any atom is -0.293 e. The van der Waals surface area contributed by atoms with Gasteiger partial charge >= 0.3 is 0 Å². The monoisotopic (exact) mass is 236 g/mol. The third kappa shape index (κ3) is 1.39. The van der Waals surface area contributed by atoms with Crippen LogP contribution in [-0.2, 0) is 0 Å². The molecule has 1 fully saturated rings. The molecule has 0 aromatic carbocycles. The maximum Gasteiger partial charge on any atom is 0.177 e. The Morgan fingerprint density at radius 2 is 1.69 bits per heavy atom. The van der Waals surface area contributed by atoms with Crippen molar-refractivity contribution in [3.05, 3.63) is 21.4 Å². The van der Waals surface area contributed by atoms with Gasteiger partial charge in [-0.25, -0.2) is 0 Å². The maximum atomic E-state index is 12.5. The molecule has 1 aliphatic carbocycles. The first-order chi connectivity index (χ1) is 7.19. The van der Waals surface area contributed by atoms with Crippen LogP contribution in [0.5, 0.6) is 0 Å². The fourth-order valence-electron chi connectivity index (χ4n) is 2.87. The van der Waals surface area contributed by atoms with E-state index in [0.717, 1.165) is 10.4 Å². The van der Waals surface area contributed by atoms with Crippen molar-refractivity contribution >= 4 is 17.1 Å². The Bertz CT molecular complexity index is 437. The highest BCUT2D eigenvalue weighted by Crippen LogP contribution is 2.69. The highest BCUT2D eigenvalue weighted by atomic mass is 32.1. The van der Waals surface area contributed by atoms with Crippen LogP contribution in [-0.4, -0.2) is 5.78 Å². The zero-order valence-electron chi connectivity index (χ0n) is 11.0. The number of aryl methyl sites for hydroxylation is 2. The van der Waals surface area contributed by atoms with Gasteiger partial charge < -0.3 is 0 Å². The molecule has 1 aliphatic rings. The Labute approximate surface area is 102 Å². The Balaban J connectivity index is 2.33. The van der Waals surface area contributed by atoms with Crippen LogP contribution in [0, 0.1) is 30.6 Å². The molecule has 88 valence electrons. The van der Waals surface area contributed by atoms with Crippen molar-refractivity contribution in [3.63, 3.8) is 0 Å². The summed E-state index contributed by atoms with van der Waals surface area (Å²) in [5.41, 5.74) is 1.44. The van der Waals surface area contributed by atoms with Gasteiger partial charge in [-0.3, -0.25) is 4.79 Å². The van der Waals surface area contributed by atoms with E-state index < -0.39 is 0 Å². The largest absolute Gasteiger partial charge is 0.293 e. The third-order valence-electron chi connectivity index (χ3n) is 4.55. The molecule has 0 amide bonds. The molecule has 0 spiro atoms. The van der Waals surface area contributed by atoms with Crippen molar-refractivity contribution in [1.29, 1.82) is 0 Å². The summed E-state index contributed by atoms with van der Waals surface area (Å²) < 4.78 is 0. The second-order valence-electron chi connectivity index (χ2n) is 6.11. The molecule has 0 saturated heterocycles. The molecule has 1 nitrogen and oxygen atoms in total. The maximum absolute atomic E-state index is 12.5. The molecule has 16 heavy (non-hydrogen) atoms. The van der Waals surface area contributed by atoms with Crippen LogP contribution in [0.15, 0.2) is 6.07 Å². The van der Waals surface area contributed by atoms with Gasteiger partial charge in [0, 0.05) is 10.8 Å². The van der Waals surface area contributed by atoms with Crippen molar-refractivity contribution in [2.75, 3.05) is 0 Å². The zero-order chi connectivity index (χ0) is 12.3. The molecule has 0 N–H and O–H groups in total. The van der Waals surface area contributed by atoms with Crippen molar-refractivity contribution in [1.82, 2.24) is 0 Å². The fourth-order valence-corrected chi connectivity index (χ4v) is 3.86. The van der Waals surface area contributed by atoms with Crippen LogP contribution in [0.2, 0.25) is 0 Å². The van der Waals surface area contributed by atoms with Gasteiger partial charge in [-0.15, -0.1) is 11.3 Å². The Morgan fingerprint density at radius 1 is 1.19 bits per heavy atom. The van der Waals surface area contributed by atoms with Gasteiger partial charge in [-0.05, 0) is 36.3 Å². The van der Waals surface area contributed by atoms with Crippen LogP contribution in [0.1, 0.15) is 47.8 Å². The summed E-state index contributed by atoms with van der Waals surface area (Å²) in [6.45, 7) is 12.9. The first-order valence-electron chi connectivity index (χ1n) is 5.81. The zero-order valence-corrected chi connectivity index (χ0v) is 11.8. The molecule has 2 rings (SSSR count). The summed E-state index contributed by atoms with van der Waals surface area (Å²) in [6, 6.07) is 2.11. The predicted molar refractivity (Wildman–Crippen MR) is 69.2 cm³/mol. The van der Waals surface area contributed by atoms with Crippen molar-refractivity contribution in [2.45, 2.75) is 41.5 Å². The summed E-state index contributed by atoms with van der Waals surface area (Å²) in [7, 11) is 0. The van der Waals surface area contributed by atoms with E-state index in [9.17, 15) is 4.79 Å². The molecule has 0 radical (unpaired) electrons. The molecule has 0 unspecified atom stereocenters. The van der Waals surface area contributed by atoms with Crippen LogP contribution in [0.4, 0.5) is 0 Å². The van der Waals surface area contributed by atoms with Crippen molar-refractivity contribution < 1.29 is 4.79 Å². The predicted octanol–water partition coefficient (Wildman–Crippen LogP) is 4.23.